The molecule has 0 fully saturated rings. The van der Waals surface area contributed by atoms with E-state index in [9.17, 15) is 18.0 Å². The Hall–Kier alpha value is -2.76. The van der Waals surface area contributed by atoms with Gasteiger partial charge in [-0.15, -0.1) is 0 Å². The van der Waals surface area contributed by atoms with Crippen LogP contribution in [0.2, 0.25) is 0 Å². The molecule has 2 aromatic carbocycles. The highest BCUT2D eigenvalue weighted by Gasteiger charge is 2.23. The topological polar surface area (TPSA) is 111 Å². The lowest BCUT2D eigenvalue weighted by Gasteiger charge is -2.16. The van der Waals surface area contributed by atoms with Crippen LogP contribution in [-0.4, -0.2) is 49.4 Å². The second-order valence-corrected chi connectivity index (χ2v) is 9.58. The third-order valence-corrected chi connectivity index (χ3v) is 6.64. The van der Waals surface area contributed by atoms with Gasteiger partial charge in [-0.1, -0.05) is 15.9 Å². The number of methoxy groups -OCH3 is 1. The van der Waals surface area contributed by atoms with Crippen LogP contribution in [0.3, 0.4) is 0 Å². The second kappa shape index (κ2) is 8.54. The average Bonchev–Trinajstić information content (AvgIpc) is 2.70. The molecule has 0 aliphatic heterocycles. The smallest absolute Gasteiger partial charge is 0.261 e. The van der Waals surface area contributed by atoms with Gasteiger partial charge in [0.15, 0.2) is 0 Å². The number of halogens is 1. The van der Waals surface area contributed by atoms with Gasteiger partial charge in [-0.25, -0.2) is 17.7 Å². The van der Waals surface area contributed by atoms with Crippen LogP contribution in [0.25, 0.3) is 10.9 Å². The first kappa shape index (κ1) is 21.9. The Morgan fingerprint density at radius 1 is 1.23 bits per heavy atom. The molecule has 158 valence electrons. The third-order valence-electron chi connectivity index (χ3n) is 4.31. The predicted molar refractivity (Wildman–Crippen MR) is 116 cm³/mol. The molecule has 11 heteroatoms. The summed E-state index contributed by atoms with van der Waals surface area (Å²) in [7, 11) is 0.377. The van der Waals surface area contributed by atoms with Crippen molar-refractivity contribution >= 4 is 48.5 Å². The number of carbonyl (C=O) groups is 1. The van der Waals surface area contributed by atoms with E-state index >= 15 is 0 Å². The zero-order valence-electron chi connectivity index (χ0n) is 16.4. The molecule has 30 heavy (non-hydrogen) atoms. The van der Waals surface area contributed by atoms with Gasteiger partial charge in [-0.3, -0.25) is 14.2 Å². The van der Waals surface area contributed by atoms with Crippen molar-refractivity contribution < 1.29 is 17.9 Å². The highest BCUT2D eigenvalue weighted by Crippen LogP contribution is 2.28. The molecule has 0 aliphatic carbocycles. The van der Waals surface area contributed by atoms with E-state index in [2.05, 4.69) is 26.2 Å². The van der Waals surface area contributed by atoms with Crippen molar-refractivity contribution in [1.29, 1.82) is 0 Å². The molecule has 0 saturated carbocycles. The van der Waals surface area contributed by atoms with Crippen molar-refractivity contribution in [2.24, 2.45) is 0 Å². The van der Waals surface area contributed by atoms with Crippen LogP contribution in [0.15, 0.2) is 56.9 Å². The maximum absolute atomic E-state index is 12.6. The number of fused-ring (bicyclic) bond motifs is 1. The monoisotopic (exact) mass is 494 g/mol. The van der Waals surface area contributed by atoms with Crippen LogP contribution >= 0.6 is 15.9 Å². The average molecular weight is 495 g/mol. The van der Waals surface area contributed by atoms with E-state index in [-0.39, 0.29) is 28.4 Å². The molecule has 3 rings (SSSR count). The summed E-state index contributed by atoms with van der Waals surface area (Å²) in [5, 5.41) is 2.98. The van der Waals surface area contributed by atoms with Crippen LogP contribution in [-0.2, 0) is 21.4 Å². The van der Waals surface area contributed by atoms with Crippen molar-refractivity contribution in [3.05, 3.63) is 57.6 Å². The standard InChI is InChI=1S/C19H19BrN4O5S/c1-23(2)30(27,28)17-9-13(5-7-16(17)29-3)22-18(25)10-24-11-21-15-6-4-12(20)8-14(15)19(24)26/h4-9,11H,10H2,1-3H3,(H,22,25). The van der Waals surface area contributed by atoms with Gasteiger partial charge in [0.25, 0.3) is 5.56 Å². The van der Waals surface area contributed by atoms with Crippen LogP contribution in [0.1, 0.15) is 0 Å². The number of carbonyl (C=O) groups excluding carboxylic acids is 1. The summed E-state index contributed by atoms with van der Waals surface area (Å²) >= 11 is 3.31. The lowest BCUT2D eigenvalue weighted by molar-refractivity contribution is -0.116. The first-order chi connectivity index (χ1) is 14.1. The molecule has 0 spiro atoms. The van der Waals surface area contributed by atoms with E-state index in [4.69, 9.17) is 4.74 Å². The molecule has 0 unspecified atom stereocenters. The minimum absolute atomic E-state index is 0.0813. The van der Waals surface area contributed by atoms with Gasteiger partial charge in [0.2, 0.25) is 15.9 Å². The Balaban J connectivity index is 1.88. The summed E-state index contributed by atoms with van der Waals surface area (Å²) in [6, 6.07) is 9.40. The van der Waals surface area contributed by atoms with Crippen LogP contribution < -0.4 is 15.6 Å². The maximum Gasteiger partial charge on any atom is 0.261 e. The number of ether oxygens (including phenoxy) is 1. The zero-order valence-corrected chi connectivity index (χ0v) is 18.8. The van der Waals surface area contributed by atoms with Crippen LogP contribution in [0.5, 0.6) is 5.75 Å². The Morgan fingerprint density at radius 2 is 1.97 bits per heavy atom. The van der Waals surface area contributed by atoms with Gasteiger partial charge < -0.3 is 10.1 Å². The fourth-order valence-electron chi connectivity index (χ4n) is 2.75. The van der Waals surface area contributed by atoms with Crippen molar-refractivity contribution in [2.75, 3.05) is 26.5 Å². The van der Waals surface area contributed by atoms with Gasteiger partial charge in [0.1, 0.15) is 17.2 Å². The summed E-state index contributed by atoms with van der Waals surface area (Å²) in [6.07, 6.45) is 1.30. The molecule has 1 heterocycles. The van der Waals surface area contributed by atoms with Gasteiger partial charge >= 0.3 is 0 Å². The molecule has 0 radical (unpaired) electrons. The molecule has 1 aromatic heterocycles. The highest BCUT2D eigenvalue weighted by molar-refractivity contribution is 9.10. The van der Waals surface area contributed by atoms with E-state index < -0.39 is 15.9 Å². The SMILES string of the molecule is COc1ccc(NC(=O)Cn2cnc3ccc(Br)cc3c2=O)cc1S(=O)(=O)N(C)C. The Kier molecular flexibility index (Phi) is 6.25. The number of hydrogen-bond donors (Lipinski definition) is 1. The Bertz CT molecular complexity index is 1290. The molecular weight excluding hydrogens is 476 g/mol. The normalized spacial score (nSPS) is 11.6. The molecular formula is C19H19BrN4O5S. The lowest BCUT2D eigenvalue weighted by atomic mass is 10.2. The fraction of sp³-hybridized carbons (Fsp3) is 0.211. The minimum Gasteiger partial charge on any atom is -0.495 e. The van der Waals surface area contributed by atoms with Gasteiger partial charge in [-0.2, -0.15) is 0 Å². The number of nitrogens with one attached hydrogen (secondary N) is 1. The molecule has 9 nitrogen and oxygen atoms in total. The lowest BCUT2D eigenvalue weighted by Crippen LogP contribution is -2.28. The Labute approximate surface area is 181 Å². The largest absolute Gasteiger partial charge is 0.495 e. The van der Waals surface area contributed by atoms with Crippen LogP contribution in [0.4, 0.5) is 5.69 Å². The summed E-state index contributed by atoms with van der Waals surface area (Å²) < 4.78 is 33.1. The van der Waals surface area contributed by atoms with Crippen molar-refractivity contribution in [3.63, 3.8) is 0 Å². The van der Waals surface area contributed by atoms with Gasteiger partial charge in [0.05, 0.1) is 24.3 Å². The van der Waals surface area contributed by atoms with E-state index in [0.717, 1.165) is 8.78 Å². The summed E-state index contributed by atoms with van der Waals surface area (Å²) in [5.41, 5.74) is 0.418. The summed E-state index contributed by atoms with van der Waals surface area (Å²) in [6.45, 7) is -0.282. The van der Waals surface area contributed by atoms with E-state index in [1.807, 2.05) is 0 Å². The predicted octanol–water partition coefficient (Wildman–Crippen LogP) is 2.06. The first-order valence-corrected chi connectivity index (χ1v) is 10.9. The summed E-state index contributed by atoms with van der Waals surface area (Å²) in [5.74, 6) is -0.353. The van der Waals surface area contributed by atoms with E-state index in [0.29, 0.717) is 10.9 Å². The number of nitrogens with zero attached hydrogens (tertiary/aromatic N) is 3. The summed E-state index contributed by atoms with van der Waals surface area (Å²) in [4.78, 5) is 29.2. The van der Waals surface area contributed by atoms with Crippen molar-refractivity contribution in [3.8, 4) is 5.75 Å². The molecule has 0 aliphatic rings. The number of rotatable bonds is 6. The number of aromatic nitrogens is 2. The fourth-order valence-corrected chi connectivity index (χ4v) is 4.19. The number of sulfonamides is 1. The highest BCUT2D eigenvalue weighted by atomic mass is 79.9. The number of anilines is 1. The Morgan fingerprint density at radius 3 is 2.63 bits per heavy atom. The minimum atomic E-state index is -3.78. The number of hydrogen-bond acceptors (Lipinski definition) is 6. The number of amides is 1. The zero-order chi connectivity index (χ0) is 22.1. The van der Waals surface area contributed by atoms with Gasteiger partial charge in [0, 0.05) is 24.3 Å². The molecule has 1 amide bonds. The molecule has 0 atom stereocenters. The van der Waals surface area contributed by atoms with Crippen molar-refractivity contribution in [1.82, 2.24) is 13.9 Å². The quantitative estimate of drug-likeness (QED) is 0.561. The molecule has 0 bridgehead atoms. The third kappa shape index (κ3) is 4.37. The molecule has 3 aromatic rings. The molecule has 0 saturated heterocycles. The van der Waals surface area contributed by atoms with Crippen LogP contribution in [0, 0.1) is 0 Å². The first-order valence-electron chi connectivity index (χ1n) is 8.68. The van der Waals surface area contributed by atoms with Gasteiger partial charge in [-0.05, 0) is 36.4 Å². The second-order valence-electron chi connectivity index (χ2n) is 6.54. The maximum atomic E-state index is 12.6. The van der Waals surface area contributed by atoms with E-state index in [1.54, 1.807) is 18.2 Å². The van der Waals surface area contributed by atoms with E-state index in [1.165, 1.54) is 50.3 Å². The molecule has 1 N–H and O–H groups in total. The number of benzene rings is 2. The van der Waals surface area contributed by atoms with Crippen molar-refractivity contribution in [2.45, 2.75) is 11.4 Å².